The van der Waals surface area contributed by atoms with E-state index >= 15 is 0 Å². The lowest BCUT2D eigenvalue weighted by Gasteiger charge is -2.22. The zero-order chi connectivity index (χ0) is 16.0. The van der Waals surface area contributed by atoms with E-state index in [0.717, 1.165) is 12.8 Å². The molecule has 21 heavy (non-hydrogen) atoms. The van der Waals surface area contributed by atoms with E-state index in [1.54, 1.807) is 11.8 Å². The Hall–Kier alpha value is -1.59. The van der Waals surface area contributed by atoms with Crippen molar-refractivity contribution >= 4 is 17.8 Å². The van der Waals surface area contributed by atoms with Gasteiger partial charge in [0.2, 0.25) is 11.8 Å². The summed E-state index contributed by atoms with van der Waals surface area (Å²) < 4.78 is 4.89. The van der Waals surface area contributed by atoms with Gasteiger partial charge in [-0.05, 0) is 19.8 Å². The van der Waals surface area contributed by atoms with Gasteiger partial charge in [-0.25, -0.2) is 0 Å². The van der Waals surface area contributed by atoms with E-state index in [1.165, 1.54) is 0 Å². The molecule has 0 saturated heterocycles. The van der Waals surface area contributed by atoms with Crippen LogP contribution in [0.3, 0.4) is 0 Å². The molecule has 6 nitrogen and oxygen atoms in total. The van der Waals surface area contributed by atoms with Gasteiger partial charge in [0.25, 0.3) is 0 Å². The van der Waals surface area contributed by atoms with Crippen molar-refractivity contribution in [1.82, 2.24) is 10.2 Å². The minimum absolute atomic E-state index is 0.00452. The van der Waals surface area contributed by atoms with Crippen molar-refractivity contribution < 1.29 is 19.1 Å². The summed E-state index contributed by atoms with van der Waals surface area (Å²) in [7, 11) is 0. The van der Waals surface area contributed by atoms with Gasteiger partial charge in [0.1, 0.15) is 6.54 Å². The SMILES string of the molecule is CCOC(=O)CN(C(=O)CCNC(=O)C(C)(C)C)C1CC1. The van der Waals surface area contributed by atoms with Crippen molar-refractivity contribution in [3.8, 4) is 0 Å². The van der Waals surface area contributed by atoms with Crippen LogP contribution in [0.2, 0.25) is 0 Å². The van der Waals surface area contributed by atoms with Crippen LogP contribution in [0, 0.1) is 5.41 Å². The van der Waals surface area contributed by atoms with E-state index in [4.69, 9.17) is 4.74 Å². The third-order valence-electron chi connectivity index (χ3n) is 3.22. The lowest BCUT2D eigenvalue weighted by molar-refractivity contribution is -0.149. The van der Waals surface area contributed by atoms with Crippen molar-refractivity contribution in [1.29, 1.82) is 0 Å². The number of hydrogen-bond donors (Lipinski definition) is 1. The van der Waals surface area contributed by atoms with Gasteiger partial charge >= 0.3 is 5.97 Å². The molecule has 0 aliphatic heterocycles. The van der Waals surface area contributed by atoms with E-state index < -0.39 is 5.41 Å². The second kappa shape index (κ2) is 7.43. The Bertz CT molecular complexity index is 397. The van der Waals surface area contributed by atoms with E-state index in [0.29, 0.717) is 13.2 Å². The number of rotatable bonds is 7. The summed E-state index contributed by atoms with van der Waals surface area (Å²) in [6, 6.07) is 0.153. The average molecular weight is 298 g/mol. The summed E-state index contributed by atoms with van der Waals surface area (Å²) in [6.45, 7) is 7.81. The summed E-state index contributed by atoms with van der Waals surface area (Å²) in [5, 5.41) is 2.74. The first-order valence-electron chi connectivity index (χ1n) is 7.49. The fourth-order valence-corrected chi connectivity index (χ4v) is 1.84. The third-order valence-corrected chi connectivity index (χ3v) is 3.22. The number of hydrogen-bond acceptors (Lipinski definition) is 4. The molecule has 1 saturated carbocycles. The van der Waals surface area contributed by atoms with Gasteiger partial charge in [-0.3, -0.25) is 14.4 Å². The Balaban J connectivity index is 2.40. The average Bonchev–Trinajstić information content (AvgIpc) is 3.19. The molecule has 0 spiro atoms. The molecule has 0 aromatic carbocycles. The maximum atomic E-state index is 12.2. The molecule has 0 bridgehead atoms. The van der Waals surface area contributed by atoms with Crippen LogP contribution in [0.5, 0.6) is 0 Å². The molecule has 1 aliphatic rings. The standard InChI is InChI=1S/C15H26N2O4/c1-5-21-13(19)10-17(11-6-7-11)12(18)8-9-16-14(20)15(2,3)4/h11H,5-10H2,1-4H3,(H,16,20). The Morgan fingerprint density at radius 1 is 1.24 bits per heavy atom. The zero-order valence-electron chi connectivity index (χ0n) is 13.4. The van der Waals surface area contributed by atoms with Crippen LogP contribution in [0.1, 0.15) is 47.0 Å². The molecule has 1 fully saturated rings. The number of carbonyl (C=O) groups is 3. The number of esters is 1. The molecular formula is C15H26N2O4. The zero-order valence-corrected chi connectivity index (χ0v) is 13.4. The number of carbonyl (C=O) groups excluding carboxylic acids is 3. The molecule has 0 aromatic rings. The van der Waals surface area contributed by atoms with Gasteiger partial charge in [0.05, 0.1) is 6.61 Å². The number of nitrogens with one attached hydrogen (secondary N) is 1. The Morgan fingerprint density at radius 3 is 2.33 bits per heavy atom. The minimum Gasteiger partial charge on any atom is -0.465 e. The summed E-state index contributed by atoms with van der Waals surface area (Å²) in [6.07, 6.45) is 2.07. The van der Waals surface area contributed by atoms with Gasteiger partial charge in [0.15, 0.2) is 0 Å². The van der Waals surface area contributed by atoms with Crippen molar-refractivity contribution in [2.45, 2.75) is 53.0 Å². The fraction of sp³-hybridized carbons (Fsp3) is 0.800. The van der Waals surface area contributed by atoms with E-state index in [-0.39, 0.29) is 36.8 Å². The molecule has 0 atom stereocenters. The molecule has 0 heterocycles. The van der Waals surface area contributed by atoms with Crippen LogP contribution < -0.4 is 5.32 Å². The van der Waals surface area contributed by atoms with Crippen LogP contribution in [0.15, 0.2) is 0 Å². The maximum absolute atomic E-state index is 12.2. The van der Waals surface area contributed by atoms with Crippen molar-refractivity contribution in [2.75, 3.05) is 19.7 Å². The van der Waals surface area contributed by atoms with Gasteiger partial charge in [0, 0.05) is 24.4 Å². The summed E-state index contributed by atoms with van der Waals surface area (Å²) in [5.74, 6) is -0.574. The summed E-state index contributed by atoms with van der Waals surface area (Å²) in [5.41, 5.74) is -0.468. The minimum atomic E-state index is -0.468. The quantitative estimate of drug-likeness (QED) is 0.714. The van der Waals surface area contributed by atoms with Crippen LogP contribution in [0.4, 0.5) is 0 Å². The van der Waals surface area contributed by atoms with Crippen molar-refractivity contribution in [3.05, 3.63) is 0 Å². The van der Waals surface area contributed by atoms with Crippen LogP contribution in [-0.2, 0) is 19.1 Å². The molecule has 0 radical (unpaired) electrons. The second-order valence-corrected chi connectivity index (χ2v) is 6.31. The smallest absolute Gasteiger partial charge is 0.325 e. The molecule has 1 aliphatic carbocycles. The fourth-order valence-electron chi connectivity index (χ4n) is 1.84. The van der Waals surface area contributed by atoms with Crippen LogP contribution in [-0.4, -0.2) is 48.4 Å². The first-order valence-corrected chi connectivity index (χ1v) is 7.49. The van der Waals surface area contributed by atoms with Crippen molar-refractivity contribution in [3.63, 3.8) is 0 Å². The largest absolute Gasteiger partial charge is 0.465 e. The second-order valence-electron chi connectivity index (χ2n) is 6.31. The maximum Gasteiger partial charge on any atom is 0.325 e. The van der Waals surface area contributed by atoms with Gasteiger partial charge in [-0.2, -0.15) is 0 Å². The molecule has 0 unspecified atom stereocenters. The van der Waals surface area contributed by atoms with E-state index in [2.05, 4.69) is 5.32 Å². The molecule has 120 valence electrons. The highest BCUT2D eigenvalue weighted by Crippen LogP contribution is 2.27. The summed E-state index contributed by atoms with van der Waals surface area (Å²) in [4.78, 5) is 37.0. The predicted molar refractivity (Wildman–Crippen MR) is 78.4 cm³/mol. The van der Waals surface area contributed by atoms with E-state index in [1.807, 2.05) is 20.8 Å². The lowest BCUT2D eigenvalue weighted by atomic mass is 9.96. The first kappa shape index (κ1) is 17.5. The third kappa shape index (κ3) is 6.14. The summed E-state index contributed by atoms with van der Waals surface area (Å²) >= 11 is 0. The highest BCUT2D eigenvalue weighted by molar-refractivity contribution is 5.84. The Morgan fingerprint density at radius 2 is 1.86 bits per heavy atom. The van der Waals surface area contributed by atoms with Crippen LogP contribution >= 0.6 is 0 Å². The number of nitrogens with zero attached hydrogens (tertiary/aromatic N) is 1. The highest BCUT2D eigenvalue weighted by Gasteiger charge is 2.34. The molecule has 2 amide bonds. The molecule has 0 aromatic heterocycles. The Kier molecular flexibility index (Phi) is 6.18. The van der Waals surface area contributed by atoms with Gasteiger partial charge in [-0.1, -0.05) is 20.8 Å². The Labute approximate surface area is 126 Å². The molecule has 1 rings (SSSR count). The van der Waals surface area contributed by atoms with Crippen LogP contribution in [0.25, 0.3) is 0 Å². The first-order chi connectivity index (χ1) is 9.75. The van der Waals surface area contributed by atoms with Gasteiger partial charge in [-0.15, -0.1) is 0 Å². The lowest BCUT2D eigenvalue weighted by Crippen LogP contribution is -2.41. The normalized spacial score (nSPS) is 14.5. The highest BCUT2D eigenvalue weighted by atomic mass is 16.5. The molecular weight excluding hydrogens is 272 g/mol. The van der Waals surface area contributed by atoms with Gasteiger partial charge < -0.3 is 15.0 Å². The predicted octanol–water partition coefficient (Wildman–Crippen LogP) is 1.09. The topological polar surface area (TPSA) is 75.7 Å². The molecule has 6 heteroatoms. The number of ether oxygens (including phenoxy) is 1. The monoisotopic (exact) mass is 298 g/mol. The molecule has 1 N–H and O–H groups in total. The van der Waals surface area contributed by atoms with E-state index in [9.17, 15) is 14.4 Å². The van der Waals surface area contributed by atoms with Crippen molar-refractivity contribution in [2.24, 2.45) is 5.41 Å². The number of amides is 2.